The van der Waals surface area contributed by atoms with Gasteiger partial charge in [-0.2, -0.15) is 4.76 Å². The third-order valence-corrected chi connectivity index (χ3v) is 9.36. The molecule has 1 unspecified atom stereocenters. The first-order valence-corrected chi connectivity index (χ1v) is 16.1. The molecule has 1 aromatic heterocycles. The maximum absolute atomic E-state index is 14.0. The van der Waals surface area contributed by atoms with E-state index in [4.69, 9.17) is 4.52 Å². The topological polar surface area (TPSA) is 142 Å². The van der Waals surface area contributed by atoms with E-state index in [2.05, 4.69) is 35.6 Å². The molecule has 204 valence electrons. The highest BCUT2D eigenvalue weighted by atomic mass is 32.2. The molecule has 1 fully saturated rings. The minimum atomic E-state index is -3.87. The molecule has 4 rings (SSSR count). The molecule has 2 heterocycles. The SMILES string of the molecule is CCOP1(=O)N=C(c2c(O)c(C3CCCC3)n(CCC(C)(C)C)c2O)Nc2ccc(NS(C)(=O)=O)cc21. The second kappa shape index (κ2) is 10.0. The Hall–Kier alpha value is -2.49. The number of hydrogen-bond acceptors (Lipinski definition) is 7. The van der Waals surface area contributed by atoms with Crippen molar-refractivity contribution in [1.29, 1.82) is 0 Å². The molecule has 12 heteroatoms. The summed E-state index contributed by atoms with van der Waals surface area (Å²) in [6.45, 7) is 8.66. The lowest BCUT2D eigenvalue weighted by molar-refractivity contribution is 0.325. The Morgan fingerprint density at radius 1 is 1.24 bits per heavy atom. The van der Waals surface area contributed by atoms with Gasteiger partial charge in [0.25, 0.3) is 0 Å². The molecule has 1 saturated carbocycles. The lowest BCUT2D eigenvalue weighted by Crippen LogP contribution is -2.26. The molecular formula is C25H37N4O6PS. The maximum Gasteiger partial charge on any atom is 0.348 e. The Balaban J connectivity index is 1.83. The van der Waals surface area contributed by atoms with Gasteiger partial charge in [0.1, 0.15) is 5.56 Å². The van der Waals surface area contributed by atoms with Gasteiger partial charge in [-0.25, -0.2) is 8.42 Å². The lowest BCUT2D eigenvalue weighted by atomic mass is 9.92. The van der Waals surface area contributed by atoms with Crippen LogP contribution in [-0.4, -0.2) is 41.9 Å². The van der Waals surface area contributed by atoms with E-state index in [-0.39, 0.29) is 52.0 Å². The third-order valence-electron chi connectivity index (χ3n) is 6.71. The quantitative estimate of drug-likeness (QED) is 0.334. The highest BCUT2D eigenvalue weighted by Crippen LogP contribution is 2.54. The summed E-state index contributed by atoms with van der Waals surface area (Å²) in [6.07, 6.45) is 5.76. The van der Waals surface area contributed by atoms with Crippen molar-refractivity contribution in [3.63, 3.8) is 0 Å². The Morgan fingerprint density at radius 2 is 1.92 bits per heavy atom. The van der Waals surface area contributed by atoms with Crippen LogP contribution in [0.4, 0.5) is 11.4 Å². The fourth-order valence-corrected chi connectivity index (χ4v) is 7.35. The second-order valence-corrected chi connectivity index (χ2v) is 14.7. The first kappa shape index (κ1) is 27.5. The maximum atomic E-state index is 14.0. The molecule has 0 amide bonds. The fraction of sp³-hybridized carbons (Fsp3) is 0.560. The number of nitrogens with one attached hydrogen (secondary N) is 2. The molecule has 0 radical (unpaired) electrons. The predicted octanol–water partition coefficient (Wildman–Crippen LogP) is 5.09. The smallest absolute Gasteiger partial charge is 0.348 e. The van der Waals surface area contributed by atoms with Crippen LogP contribution in [0.25, 0.3) is 0 Å². The van der Waals surface area contributed by atoms with E-state index < -0.39 is 17.5 Å². The van der Waals surface area contributed by atoms with E-state index in [0.717, 1.165) is 38.4 Å². The van der Waals surface area contributed by atoms with Crippen LogP contribution in [0, 0.1) is 5.41 Å². The van der Waals surface area contributed by atoms with E-state index in [1.807, 2.05) is 0 Å². The number of anilines is 2. The zero-order valence-electron chi connectivity index (χ0n) is 22.0. The Kier molecular flexibility index (Phi) is 7.44. The van der Waals surface area contributed by atoms with Crippen LogP contribution in [0.1, 0.15) is 77.0 Å². The van der Waals surface area contributed by atoms with Gasteiger partial charge in [0.05, 0.1) is 29.5 Å². The van der Waals surface area contributed by atoms with E-state index in [1.165, 1.54) is 12.1 Å². The highest BCUT2D eigenvalue weighted by molar-refractivity contribution is 7.92. The van der Waals surface area contributed by atoms with Crippen LogP contribution < -0.4 is 15.3 Å². The Bertz CT molecular complexity index is 1370. The predicted molar refractivity (Wildman–Crippen MR) is 147 cm³/mol. The second-order valence-electron chi connectivity index (χ2n) is 11.0. The van der Waals surface area contributed by atoms with Crippen LogP contribution in [0.2, 0.25) is 0 Å². The van der Waals surface area contributed by atoms with Crippen molar-refractivity contribution in [2.24, 2.45) is 10.2 Å². The molecule has 0 spiro atoms. The number of sulfonamides is 1. The first-order chi connectivity index (χ1) is 17.2. The first-order valence-electron chi connectivity index (χ1n) is 12.6. The lowest BCUT2D eigenvalue weighted by Gasteiger charge is -2.25. The zero-order chi connectivity index (χ0) is 27.2. The Labute approximate surface area is 218 Å². The molecule has 1 atom stereocenters. The van der Waals surface area contributed by atoms with Gasteiger partial charge in [-0.15, -0.1) is 0 Å². The molecular weight excluding hydrogens is 515 g/mol. The number of fused-ring (bicyclic) bond motifs is 1. The number of benzene rings is 1. The number of aromatic hydroxyl groups is 2. The number of rotatable bonds is 8. The summed E-state index contributed by atoms with van der Waals surface area (Å²) in [4.78, 5) is 0. The standard InChI is InChI=1S/C25H37N4O6PS/c1-6-35-36(32)19-15-17(28-37(5,33)34)11-12-18(19)26-23(27-36)20-22(30)21(16-9-7-8-10-16)29(24(20)31)14-13-25(2,3)4/h11-12,15-16,28,30-31H,6-10,13-14H2,1-5H3,(H,26,27,32). The molecule has 1 aliphatic heterocycles. The van der Waals surface area contributed by atoms with Crippen LogP contribution in [0.15, 0.2) is 23.0 Å². The van der Waals surface area contributed by atoms with Crippen molar-refractivity contribution in [2.75, 3.05) is 22.9 Å². The summed E-state index contributed by atoms with van der Waals surface area (Å²) in [6, 6.07) is 4.54. The average Bonchev–Trinajstić information content (AvgIpc) is 3.37. The highest BCUT2D eigenvalue weighted by Gasteiger charge is 2.38. The van der Waals surface area contributed by atoms with E-state index >= 15 is 0 Å². The fourth-order valence-electron chi connectivity index (χ4n) is 4.99. The molecule has 2 aliphatic rings. The summed E-state index contributed by atoms with van der Waals surface area (Å²) in [5.74, 6) is -0.0283. The van der Waals surface area contributed by atoms with Crippen molar-refractivity contribution in [3.8, 4) is 11.6 Å². The van der Waals surface area contributed by atoms with Gasteiger partial charge in [0, 0.05) is 18.2 Å². The summed E-state index contributed by atoms with van der Waals surface area (Å²) < 4.78 is 51.6. The van der Waals surface area contributed by atoms with E-state index in [1.54, 1.807) is 17.6 Å². The van der Waals surface area contributed by atoms with Gasteiger partial charge in [0.15, 0.2) is 11.6 Å². The van der Waals surface area contributed by atoms with Crippen LogP contribution in [0.5, 0.6) is 11.6 Å². The normalized spacial score (nSPS) is 20.4. The van der Waals surface area contributed by atoms with Crippen molar-refractivity contribution in [1.82, 2.24) is 4.57 Å². The van der Waals surface area contributed by atoms with Gasteiger partial charge in [-0.3, -0.25) is 9.29 Å². The number of hydrogen-bond donors (Lipinski definition) is 4. The largest absolute Gasteiger partial charge is 0.505 e. The van der Waals surface area contributed by atoms with Crippen molar-refractivity contribution < 1.29 is 27.7 Å². The summed E-state index contributed by atoms with van der Waals surface area (Å²) in [7, 11) is -7.42. The van der Waals surface area contributed by atoms with Gasteiger partial charge in [-0.1, -0.05) is 33.6 Å². The minimum absolute atomic E-state index is 0.0152. The summed E-state index contributed by atoms with van der Waals surface area (Å²) >= 11 is 0. The van der Waals surface area contributed by atoms with Gasteiger partial charge in [-0.05, 0) is 49.8 Å². The molecule has 1 aromatic carbocycles. The summed E-state index contributed by atoms with van der Waals surface area (Å²) in [5, 5.41) is 26.1. The molecule has 37 heavy (non-hydrogen) atoms. The Morgan fingerprint density at radius 3 is 2.51 bits per heavy atom. The third kappa shape index (κ3) is 5.84. The molecule has 4 N–H and O–H groups in total. The van der Waals surface area contributed by atoms with Crippen LogP contribution in [0.3, 0.4) is 0 Å². The molecule has 0 bridgehead atoms. The van der Waals surface area contributed by atoms with Gasteiger partial charge < -0.3 is 24.6 Å². The van der Waals surface area contributed by atoms with Gasteiger partial charge >= 0.3 is 7.52 Å². The van der Waals surface area contributed by atoms with Crippen LogP contribution >= 0.6 is 7.52 Å². The zero-order valence-corrected chi connectivity index (χ0v) is 23.7. The number of aromatic nitrogens is 1. The monoisotopic (exact) mass is 552 g/mol. The van der Waals surface area contributed by atoms with Crippen molar-refractivity contribution >= 4 is 40.1 Å². The minimum Gasteiger partial charge on any atom is -0.505 e. The van der Waals surface area contributed by atoms with E-state index in [9.17, 15) is 23.2 Å². The number of amidine groups is 1. The molecule has 10 nitrogen and oxygen atoms in total. The van der Waals surface area contributed by atoms with Crippen molar-refractivity contribution in [2.45, 2.75) is 72.3 Å². The molecule has 2 aromatic rings. The molecule has 1 aliphatic carbocycles. The van der Waals surface area contributed by atoms with Crippen molar-refractivity contribution in [3.05, 3.63) is 29.5 Å². The van der Waals surface area contributed by atoms with Gasteiger partial charge in [0.2, 0.25) is 15.9 Å². The summed E-state index contributed by atoms with van der Waals surface area (Å²) in [5.41, 5.74) is 1.42. The number of nitrogens with zero attached hydrogens (tertiary/aromatic N) is 2. The van der Waals surface area contributed by atoms with E-state index in [0.29, 0.717) is 17.9 Å². The molecule has 0 saturated heterocycles. The van der Waals surface area contributed by atoms with Crippen LogP contribution in [-0.2, 0) is 25.7 Å². The average molecular weight is 553 g/mol.